The average Bonchev–Trinajstić information content (AvgIpc) is 3.21. The molecule has 6 heteroatoms. The third kappa shape index (κ3) is 5.74. The van der Waals surface area contributed by atoms with Gasteiger partial charge >= 0.3 is 0 Å². The molecule has 0 saturated heterocycles. The van der Waals surface area contributed by atoms with Crippen molar-refractivity contribution in [1.82, 2.24) is 0 Å². The second-order valence-electron chi connectivity index (χ2n) is 9.19. The lowest BCUT2D eigenvalue weighted by molar-refractivity contribution is -0.129. The zero-order valence-corrected chi connectivity index (χ0v) is 19.6. The fraction of sp³-hybridized carbons (Fsp3) is 0.462. The molecule has 0 aliphatic heterocycles. The summed E-state index contributed by atoms with van der Waals surface area (Å²) in [4.78, 5) is 24.9. The maximum absolute atomic E-state index is 12.9. The lowest BCUT2D eigenvalue weighted by Crippen LogP contribution is -2.31. The molecule has 3 rings (SSSR count). The van der Waals surface area contributed by atoms with Crippen molar-refractivity contribution in [3.05, 3.63) is 59.5 Å². The van der Waals surface area contributed by atoms with Gasteiger partial charge in [-0.1, -0.05) is 56.4 Å². The maximum atomic E-state index is 12.9. The van der Waals surface area contributed by atoms with Crippen molar-refractivity contribution in [2.75, 3.05) is 0 Å². The van der Waals surface area contributed by atoms with Crippen LogP contribution >= 0.6 is 11.3 Å². The lowest BCUT2D eigenvalue weighted by atomic mass is 9.86. The molecule has 0 radical (unpaired) electrons. The molecule has 0 spiro atoms. The van der Waals surface area contributed by atoms with Crippen LogP contribution in [0.25, 0.3) is 10.1 Å². The van der Waals surface area contributed by atoms with Crippen molar-refractivity contribution in [3.63, 3.8) is 0 Å². The molecule has 1 aromatic heterocycles. The van der Waals surface area contributed by atoms with Crippen LogP contribution in [0.2, 0.25) is 0 Å². The van der Waals surface area contributed by atoms with E-state index in [-0.39, 0.29) is 23.5 Å². The Morgan fingerprint density at radius 1 is 1.28 bits per heavy atom. The molecule has 1 aromatic carbocycles. The molecule has 1 fully saturated rings. The molecular weight excluding hydrogens is 422 g/mol. The zero-order valence-electron chi connectivity index (χ0n) is 18.7. The number of thiophene rings is 1. The summed E-state index contributed by atoms with van der Waals surface area (Å²) in [6.45, 7) is 3.57. The number of amides is 1. The van der Waals surface area contributed by atoms with Crippen molar-refractivity contribution < 1.29 is 19.8 Å². The summed E-state index contributed by atoms with van der Waals surface area (Å²) < 4.78 is 1.19. The van der Waals surface area contributed by atoms with Gasteiger partial charge in [-0.05, 0) is 36.8 Å². The van der Waals surface area contributed by atoms with E-state index in [0.717, 1.165) is 11.3 Å². The molecule has 32 heavy (non-hydrogen) atoms. The molecular formula is C26H33NO4S. The first kappa shape index (κ1) is 24.4. The third-order valence-electron chi connectivity index (χ3n) is 6.33. The average molecular weight is 456 g/mol. The minimum atomic E-state index is -0.824. The first-order chi connectivity index (χ1) is 15.2. The van der Waals surface area contributed by atoms with Crippen molar-refractivity contribution >= 4 is 33.1 Å². The van der Waals surface area contributed by atoms with Crippen LogP contribution in [0.15, 0.2) is 54.6 Å². The maximum Gasteiger partial charge on any atom is 0.217 e. The van der Waals surface area contributed by atoms with Crippen LogP contribution in [0.3, 0.4) is 0 Å². The fourth-order valence-electron chi connectivity index (χ4n) is 4.43. The van der Waals surface area contributed by atoms with E-state index in [2.05, 4.69) is 18.2 Å². The fourth-order valence-corrected chi connectivity index (χ4v) is 5.54. The Hall–Kier alpha value is -2.28. The number of Topliss-reactive ketones (excluding diaryl/α,β-unsaturated/α-hetero) is 1. The van der Waals surface area contributed by atoms with Crippen LogP contribution in [0.4, 0.5) is 0 Å². The number of hydrogen-bond acceptors (Lipinski definition) is 5. The molecule has 172 valence electrons. The summed E-state index contributed by atoms with van der Waals surface area (Å²) in [6.07, 6.45) is 8.76. The monoisotopic (exact) mass is 455 g/mol. The summed E-state index contributed by atoms with van der Waals surface area (Å²) >= 11 is 1.67. The topological polar surface area (TPSA) is 101 Å². The van der Waals surface area contributed by atoms with E-state index in [1.165, 1.54) is 10.1 Å². The Kier molecular flexibility index (Phi) is 8.04. The SMILES string of the molecule is CC1(C)C(=O)C(CC=CCCCC(N)=O)C(C=CC(O)Cc2cc3ccccc3s2)C1O. The number of hydrogen-bond donors (Lipinski definition) is 3. The van der Waals surface area contributed by atoms with Crippen LogP contribution in [-0.4, -0.2) is 34.1 Å². The molecule has 1 aliphatic rings. The zero-order chi connectivity index (χ0) is 23.3. The van der Waals surface area contributed by atoms with Gasteiger partial charge in [0.25, 0.3) is 0 Å². The van der Waals surface area contributed by atoms with Gasteiger partial charge in [0.15, 0.2) is 0 Å². The molecule has 2 aromatic rings. The van der Waals surface area contributed by atoms with Crippen LogP contribution in [0.1, 0.15) is 44.4 Å². The normalized spacial score (nSPS) is 24.1. The number of aliphatic hydroxyl groups excluding tert-OH is 2. The highest BCUT2D eigenvalue weighted by molar-refractivity contribution is 7.19. The van der Waals surface area contributed by atoms with Gasteiger partial charge < -0.3 is 15.9 Å². The minimum Gasteiger partial charge on any atom is -0.391 e. The van der Waals surface area contributed by atoms with Gasteiger partial charge in [0.2, 0.25) is 5.91 Å². The number of carbonyl (C=O) groups is 2. The smallest absolute Gasteiger partial charge is 0.217 e. The number of primary amides is 1. The molecule has 0 bridgehead atoms. The van der Waals surface area contributed by atoms with Crippen molar-refractivity contribution in [1.29, 1.82) is 0 Å². The van der Waals surface area contributed by atoms with Crippen LogP contribution in [-0.2, 0) is 16.0 Å². The predicted octanol–water partition coefficient (Wildman–Crippen LogP) is 4.17. The summed E-state index contributed by atoms with van der Waals surface area (Å²) in [5.74, 6) is -0.945. The van der Waals surface area contributed by atoms with E-state index in [1.54, 1.807) is 31.3 Å². The molecule has 4 N–H and O–H groups in total. The molecule has 1 heterocycles. The summed E-state index contributed by atoms with van der Waals surface area (Å²) in [7, 11) is 0. The second-order valence-corrected chi connectivity index (χ2v) is 10.4. The first-order valence-electron chi connectivity index (χ1n) is 11.2. The van der Waals surface area contributed by atoms with Gasteiger partial charge in [-0.2, -0.15) is 0 Å². The van der Waals surface area contributed by atoms with Gasteiger partial charge in [-0.25, -0.2) is 0 Å². The van der Waals surface area contributed by atoms with Crippen molar-refractivity contribution in [3.8, 4) is 0 Å². The van der Waals surface area contributed by atoms with E-state index in [4.69, 9.17) is 5.73 Å². The Morgan fingerprint density at radius 3 is 2.75 bits per heavy atom. The quantitative estimate of drug-likeness (QED) is 0.370. The molecule has 4 unspecified atom stereocenters. The van der Waals surface area contributed by atoms with Crippen LogP contribution in [0, 0.1) is 17.3 Å². The van der Waals surface area contributed by atoms with E-state index in [0.29, 0.717) is 25.7 Å². The number of aliphatic hydroxyl groups is 2. The van der Waals surface area contributed by atoms with Gasteiger partial charge in [0, 0.05) is 34.3 Å². The van der Waals surface area contributed by atoms with Gasteiger partial charge in [-0.3, -0.25) is 9.59 Å². The number of carbonyl (C=O) groups excluding carboxylic acids is 2. The van der Waals surface area contributed by atoms with E-state index < -0.39 is 17.6 Å². The molecule has 1 amide bonds. The number of nitrogens with two attached hydrogens (primary N) is 1. The van der Waals surface area contributed by atoms with E-state index >= 15 is 0 Å². The lowest BCUT2D eigenvalue weighted by Gasteiger charge is -2.22. The second kappa shape index (κ2) is 10.6. The highest BCUT2D eigenvalue weighted by Gasteiger charge is 2.52. The Balaban J connectivity index is 1.64. The number of fused-ring (bicyclic) bond motifs is 1. The van der Waals surface area contributed by atoms with E-state index in [1.807, 2.05) is 30.4 Å². The molecule has 5 nitrogen and oxygen atoms in total. The predicted molar refractivity (Wildman–Crippen MR) is 129 cm³/mol. The van der Waals surface area contributed by atoms with E-state index in [9.17, 15) is 19.8 Å². The number of unbranched alkanes of at least 4 members (excludes halogenated alkanes) is 1. The number of rotatable bonds is 10. The summed E-state index contributed by atoms with van der Waals surface area (Å²) in [6, 6.07) is 10.2. The van der Waals surface area contributed by atoms with Crippen LogP contribution in [0.5, 0.6) is 0 Å². The Bertz CT molecular complexity index is 973. The number of allylic oxidation sites excluding steroid dienone is 2. The molecule has 1 saturated carbocycles. The van der Waals surface area contributed by atoms with Crippen molar-refractivity contribution in [2.24, 2.45) is 23.0 Å². The standard InChI is InChI=1S/C26H33NO4S/c1-26(2)24(30)20(10-5-3-4-6-12-23(27)29)21(25(26)31)14-13-18(28)16-19-15-17-9-7-8-11-22(17)32-19/h3,5,7-9,11,13-15,18,20-21,25,28,31H,4,6,10,12,16H2,1-2H3,(H2,27,29). The van der Waals surface area contributed by atoms with Crippen molar-refractivity contribution in [2.45, 2.75) is 58.2 Å². The number of ketones is 1. The minimum absolute atomic E-state index is 0.0421. The Morgan fingerprint density at radius 2 is 2.03 bits per heavy atom. The third-order valence-corrected chi connectivity index (χ3v) is 7.47. The molecule has 1 aliphatic carbocycles. The van der Waals surface area contributed by atoms with Crippen LogP contribution < -0.4 is 5.73 Å². The Labute approximate surface area is 193 Å². The first-order valence-corrected chi connectivity index (χ1v) is 12.0. The van der Waals surface area contributed by atoms with Gasteiger partial charge in [-0.15, -0.1) is 11.3 Å². The largest absolute Gasteiger partial charge is 0.391 e. The number of benzene rings is 1. The van der Waals surface area contributed by atoms with Gasteiger partial charge in [0.1, 0.15) is 5.78 Å². The summed E-state index contributed by atoms with van der Waals surface area (Å²) in [5.41, 5.74) is 4.33. The highest BCUT2D eigenvalue weighted by Crippen LogP contribution is 2.44. The van der Waals surface area contributed by atoms with Gasteiger partial charge in [0.05, 0.1) is 17.6 Å². The molecule has 4 atom stereocenters. The highest BCUT2D eigenvalue weighted by atomic mass is 32.1. The summed E-state index contributed by atoms with van der Waals surface area (Å²) in [5, 5.41) is 22.6.